The maximum atomic E-state index is 13.1. The molecule has 0 fully saturated rings. The van der Waals surface area contributed by atoms with Crippen LogP contribution in [-0.4, -0.2) is 44.5 Å². The average molecular weight is 546 g/mol. The fraction of sp³-hybridized carbons (Fsp3) is 0.355. The Morgan fingerprint density at radius 1 is 1.02 bits per heavy atom. The van der Waals surface area contributed by atoms with Crippen LogP contribution >= 0.6 is 0 Å². The number of aromatic nitrogens is 3. The first-order valence-corrected chi connectivity index (χ1v) is 13.5. The third-order valence-electron chi connectivity index (χ3n) is 6.42. The molecule has 2 unspecified atom stereocenters. The van der Waals surface area contributed by atoms with E-state index in [9.17, 15) is 9.59 Å². The Labute approximate surface area is 233 Å². The highest BCUT2D eigenvalue weighted by molar-refractivity contribution is 5.89. The van der Waals surface area contributed by atoms with Gasteiger partial charge in [0.2, 0.25) is 11.7 Å². The molecule has 0 bridgehead atoms. The van der Waals surface area contributed by atoms with Crippen molar-refractivity contribution in [3.05, 3.63) is 83.9 Å². The molecule has 0 aliphatic carbocycles. The highest BCUT2D eigenvalue weighted by Gasteiger charge is 2.24. The minimum absolute atomic E-state index is 0.0285. The second-order valence-corrected chi connectivity index (χ2v) is 10.2. The molecule has 4 aromatic rings. The fourth-order valence-electron chi connectivity index (χ4n) is 4.28. The largest absolute Gasteiger partial charge is 0.475 e. The van der Waals surface area contributed by atoms with Crippen LogP contribution in [0.25, 0.3) is 22.7 Å². The number of carbonyl (C=O) groups excluding carboxylic acids is 1. The van der Waals surface area contributed by atoms with E-state index >= 15 is 0 Å². The zero-order valence-electron chi connectivity index (χ0n) is 23.2. The normalized spacial score (nSPS) is 12.8. The van der Waals surface area contributed by atoms with Crippen LogP contribution in [0.2, 0.25) is 0 Å². The smallest absolute Gasteiger partial charge is 0.373 e. The summed E-state index contributed by atoms with van der Waals surface area (Å²) in [6.45, 7) is 8.88. The summed E-state index contributed by atoms with van der Waals surface area (Å²) in [6.07, 6.45) is 2.62. The Bertz CT molecular complexity index is 1430. The van der Waals surface area contributed by atoms with E-state index in [1.807, 2.05) is 57.2 Å². The van der Waals surface area contributed by atoms with Gasteiger partial charge in [0.1, 0.15) is 5.69 Å². The zero-order valence-corrected chi connectivity index (χ0v) is 23.2. The van der Waals surface area contributed by atoms with Gasteiger partial charge in [-0.1, -0.05) is 63.2 Å². The molecular weight excluding hydrogens is 510 g/mol. The highest BCUT2D eigenvalue weighted by atomic mass is 16.5. The first-order chi connectivity index (χ1) is 19.2. The number of hydrogen-bond acceptors (Lipinski definition) is 7. The van der Waals surface area contributed by atoms with E-state index in [0.29, 0.717) is 36.6 Å². The third-order valence-corrected chi connectivity index (χ3v) is 6.42. The molecule has 2 aromatic heterocycles. The predicted molar refractivity (Wildman–Crippen MR) is 150 cm³/mol. The summed E-state index contributed by atoms with van der Waals surface area (Å²) in [5.41, 5.74) is 3.36. The first kappa shape index (κ1) is 28.8. The van der Waals surface area contributed by atoms with Crippen LogP contribution in [0, 0.1) is 5.92 Å². The Morgan fingerprint density at radius 2 is 1.77 bits per heavy atom. The molecule has 210 valence electrons. The van der Waals surface area contributed by atoms with Crippen molar-refractivity contribution in [1.29, 1.82) is 0 Å². The Morgan fingerprint density at radius 3 is 2.45 bits per heavy atom. The molecule has 0 amide bonds. The van der Waals surface area contributed by atoms with Crippen molar-refractivity contribution in [3.8, 4) is 22.7 Å². The number of ether oxygens (including phenoxy) is 2. The molecule has 2 aromatic carbocycles. The number of esters is 1. The van der Waals surface area contributed by atoms with Crippen LogP contribution in [-0.2, 0) is 16.1 Å². The van der Waals surface area contributed by atoms with Crippen molar-refractivity contribution in [2.24, 2.45) is 5.92 Å². The number of carbonyl (C=O) groups is 2. The van der Waals surface area contributed by atoms with Crippen molar-refractivity contribution in [3.63, 3.8) is 0 Å². The molecule has 40 heavy (non-hydrogen) atoms. The van der Waals surface area contributed by atoms with Gasteiger partial charge in [0.05, 0.1) is 37.3 Å². The number of hydrogen-bond donors (Lipinski definition) is 1. The minimum Gasteiger partial charge on any atom is -0.475 e. The maximum absolute atomic E-state index is 13.1. The lowest BCUT2D eigenvalue weighted by Crippen LogP contribution is -2.22. The van der Waals surface area contributed by atoms with Gasteiger partial charge in [-0.2, -0.15) is 5.10 Å². The van der Waals surface area contributed by atoms with Crippen molar-refractivity contribution >= 4 is 11.9 Å². The molecule has 4 rings (SSSR count). The lowest BCUT2D eigenvalue weighted by molar-refractivity contribution is 0.0223. The van der Waals surface area contributed by atoms with E-state index in [-0.39, 0.29) is 29.7 Å². The highest BCUT2D eigenvalue weighted by Crippen LogP contribution is 2.29. The van der Waals surface area contributed by atoms with Gasteiger partial charge < -0.3 is 19.0 Å². The van der Waals surface area contributed by atoms with E-state index < -0.39 is 11.9 Å². The molecule has 9 nitrogen and oxygen atoms in total. The molecule has 2 heterocycles. The second-order valence-electron chi connectivity index (χ2n) is 10.2. The summed E-state index contributed by atoms with van der Waals surface area (Å²) < 4.78 is 18.9. The van der Waals surface area contributed by atoms with Crippen LogP contribution in [0.1, 0.15) is 73.2 Å². The Kier molecular flexibility index (Phi) is 9.50. The fourth-order valence-corrected chi connectivity index (χ4v) is 4.28. The third kappa shape index (κ3) is 7.24. The number of rotatable bonds is 13. The van der Waals surface area contributed by atoms with E-state index in [1.54, 1.807) is 28.9 Å². The molecule has 0 spiro atoms. The van der Waals surface area contributed by atoms with E-state index in [2.05, 4.69) is 11.9 Å². The van der Waals surface area contributed by atoms with Gasteiger partial charge in [-0.15, -0.1) is 0 Å². The number of carboxylic acid groups (broad SMARTS) is 1. The summed E-state index contributed by atoms with van der Waals surface area (Å²) in [5, 5.41) is 14.0. The lowest BCUT2D eigenvalue weighted by atomic mass is 10.1. The Balaban J connectivity index is 1.60. The van der Waals surface area contributed by atoms with Gasteiger partial charge in [0.15, 0.2) is 0 Å². The average Bonchev–Trinajstić information content (AvgIpc) is 3.63. The van der Waals surface area contributed by atoms with Crippen molar-refractivity contribution in [1.82, 2.24) is 14.8 Å². The van der Waals surface area contributed by atoms with Gasteiger partial charge >= 0.3 is 11.9 Å². The zero-order chi connectivity index (χ0) is 28.6. The number of benzene rings is 2. The van der Waals surface area contributed by atoms with Crippen LogP contribution in [0.15, 0.2) is 71.3 Å². The van der Waals surface area contributed by atoms with Gasteiger partial charge in [0.25, 0.3) is 0 Å². The molecule has 2 atom stereocenters. The van der Waals surface area contributed by atoms with Crippen LogP contribution in [0.5, 0.6) is 0 Å². The number of oxazole rings is 1. The number of carboxylic acids is 1. The predicted octanol–water partition coefficient (Wildman–Crippen LogP) is 6.66. The summed E-state index contributed by atoms with van der Waals surface area (Å²) >= 11 is 0. The first-order valence-electron chi connectivity index (χ1n) is 13.5. The van der Waals surface area contributed by atoms with E-state index in [0.717, 1.165) is 17.5 Å². The molecule has 0 aliphatic rings. The SMILES string of the molecule is CCC(CC(C)n1nc(-c2cccc(-c3ncc(C(=O)O)o3)c2)cc1C(=O)OCC(C)C)OCc1ccccc1. The van der Waals surface area contributed by atoms with Gasteiger partial charge in [0, 0.05) is 11.1 Å². The van der Waals surface area contributed by atoms with E-state index in [1.165, 1.54) is 6.20 Å². The molecule has 0 radical (unpaired) electrons. The van der Waals surface area contributed by atoms with Gasteiger partial charge in [-0.3, -0.25) is 4.68 Å². The molecule has 0 aliphatic heterocycles. The second kappa shape index (κ2) is 13.2. The summed E-state index contributed by atoms with van der Waals surface area (Å²) in [6, 6.07) is 18.8. The standard InChI is InChI=1S/C31H35N3O6/c1-5-25(38-19-22-10-7-6-8-11-22)14-21(4)34-27(31(37)39-18-20(2)3)16-26(33-34)23-12-9-13-24(15-23)29-32-17-28(40-29)30(35)36/h6-13,15-17,20-21,25H,5,14,18-19H2,1-4H3,(H,35,36). The van der Waals surface area contributed by atoms with E-state index in [4.69, 9.17) is 24.1 Å². The summed E-state index contributed by atoms with van der Waals surface area (Å²) in [5.74, 6) is -1.49. The van der Waals surface area contributed by atoms with Crippen molar-refractivity contribution < 1.29 is 28.6 Å². The van der Waals surface area contributed by atoms with Gasteiger partial charge in [-0.25, -0.2) is 14.6 Å². The van der Waals surface area contributed by atoms with Crippen molar-refractivity contribution in [2.75, 3.05) is 6.61 Å². The molecular formula is C31H35N3O6. The molecule has 9 heteroatoms. The molecule has 1 N–H and O–H groups in total. The molecule has 0 saturated heterocycles. The van der Waals surface area contributed by atoms with Crippen molar-refractivity contribution in [2.45, 2.75) is 59.3 Å². The minimum atomic E-state index is -1.19. The number of aromatic carboxylic acids is 1. The topological polar surface area (TPSA) is 117 Å². The summed E-state index contributed by atoms with van der Waals surface area (Å²) in [4.78, 5) is 28.4. The van der Waals surface area contributed by atoms with Crippen LogP contribution in [0.3, 0.4) is 0 Å². The quantitative estimate of drug-likeness (QED) is 0.185. The van der Waals surface area contributed by atoms with Gasteiger partial charge in [-0.05, 0) is 49.4 Å². The van der Waals surface area contributed by atoms with Crippen LogP contribution in [0.4, 0.5) is 0 Å². The van der Waals surface area contributed by atoms with Crippen LogP contribution < -0.4 is 0 Å². The Hall–Kier alpha value is -4.24. The lowest BCUT2D eigenvalue weighted by Gasteiger charge is -2.22. The maximum Gasteiger partial charge on any atom is 0.373 e. The summed E-state index contributed by atoms with van der Waals surface area (Å²) in [7, 11) is 0. The monoisotopic (exact) mass is 545 g/mol. The number of nitrogens with zero attached hydrogens (tertiary/aromatic N) is 3. The molecule has 0 saturated carbocycles.